The highest BCUT2D eigenvalue weighted by Gasteiger charge is 2.20. The number of aromatic nitrogens is 2. The standard InChI is InChI=1S/C16H17F2N5O2/c1-25-7-6-22(10-14(17)18)16(24)11-2-4-13(5-3-11)23-15(20)12(8-19)9-21-23/h2-5,9,14H,6-7,10,20H2,1H3. The summed E-state index contributed by atoms with van der Waals surface area (Å²) < 4.78 is 31.5. The molecular formula is C16H17F2N5O2. The lowest BCUT2D eigenvalue weighted by molar-refractivity contribution is 0.0478. The zero-order valence-corrected chi connectivity index (χ0v) is 13.5. The molecule has 2 rings (SSSR count). The van der Waals surface area contributed by atoms with E-state index in [2.05, 4.69) is 5.10 Å². The van der Waals surface area contributed by atoms with Crippen LogP contribution in [0.25, 0.3) is 5.69 Å². The molecule has 7 nitrogen and oxygen atoms in total. The maximum Gasteiger partial charge on any atom is 0.255 e. The van der Waals surface area contributed by atoms with E-state index in [0.29, 0.717) is 5.69 Å². The molecule has 0 bridgehead atoms. The van der Waals surface area contributed by atoms with Crippen molar-refractivity contribution in [2.45, 2.75) is 6.43 Å². The Morgan fingerprint density at radius 1 is 1.44 bits per heavy atom. The van der Waals surface area contributed by atoms with E-state index in [1.807, 2.05) is 6.07 Å². The number of nitrogens with two attached hydrogens (primary N) is 1. The summed E-state index contributed by atoms with van der Waals surface area (Å²) in [5.41, 5.74) is 6.85. The Morgan fingerprint density at radius 3 is 2.64 bits per heavy atom. The summed E-state index contributed by atoms with van der Waals surface area (Å²) in [5.74, 6) is -0.337. The monoisotopic (exact) mass is 349 g/mol. The highest BCUT2D eigenvalue weighted by molar-refractivity contribution is 5.94. The van der Waals surface area contributed by atoms with Crippen LogP contribution in [0.5, 0.6) is 0 Å². The van der Waals surface area contributed by atoms with Crippen molar-refractivity contribution in [3.63, 3.8) is 0 Å². The smallest absolute Gasteiger partial charge is 0.255 e. The van der Waals surface area contributed by atoms with Gasteiger partial charge < -0.3 is 15.4 Å². The Labute approximate surface area is 143 Å². The maximum atomic E-state index is 12.7. The average Bonchev–Trinajstić information content (AvgIpc) is 2.98. The minimum Gasteiger partial charge on any atom is -0.383 e. The van der Waals surface area contributed by atoms with Crippen LogP contribution in [0.3, 0.4) is 0 Å². The first-order chi connectivity index (χ1) is 12.0. The lowest BCUT2D eigenvalue weighted by Crippen LogP contribution is -2.37. The number of hydrogen-bond donors (Lipinski definition) is 1. The molecule has 0 radical (unpaired) electrons. The number of carbonyl (C=O) groups is 1. The zero-order chi connectivity index (χ0) is 18.4. The van der Waals surface area contributed by atoms with E-state index in [0.717, 1.165) is 4.90 Å². The van der Waals surface area contributed by atoms with Crippen LogP contribution < -0.4 is 5.73 Å². The number of alkyl halides is 2. The van der Waals surface area contributed by atoms with Crippen LogP contribution in [0.15, 0.2) is 30.5 Å². The van der Waals surface area contributed by atoms with Gasteiger partial charge in [0.05, 0.1) is 25.0 Å². The molecular weight excluding hydrogens is 332 g/mol. The second-order valence-corrected chi connectivity index (χ2v) is 5.15. The average molecular weight is 349 g/mol. The molecule has 0 aliphatic carbocycles. The number of anilines is 1. The van der Waals surface area contributed by atoms with Crippen LogP contribution in [0.2, 0.25) is 0 Å². The summed E-state index contributed by atoms with van der Waals surface area (Å²) in [4.78, 5) is 13.4. The van der Waals surface area contributed by atoms with Crippen LogP contribution in [0.1, 0.15) is 15.9 Å². The molecule has 0 spiro atoms. The molecule has 0 aliphatic heterocycles. The number of nitrogens with zero attached hydrogens (tertiary/aromatic N) is 4. The van der Waals surface area contributed by atoms with Gasteiger partial charge in [-0.1, -0.05) is 0 Å². The Kier molecular flexibility index (Phi) is 6.03. The second kappa shape index (κ2) is 8.21. The van der Waals surface area contributed by atoms with Gasteiger partial charge in [0.2, 0.25) is 0 Å². The van der Waals surface area contributed by atoms with Gasteiger partial charge in [-0.15, -0.1) is 0 Å². The van der Waals surface area contributed by atoms with Gasteiger partial charge in [0.1, 0.15) is 17.5 Å². The fourth-order valence-electron chi connectivity index (χ4n) is 2.22. The van der Waals surface area contributed by atoms with Crippen molar-refractivity contribution in [2.75, 3.05) is 32.5 Å². The molecule has 0 fully saturated rings. The van der Waals surface area contributed by atoms with Gasteiger partial charge >= 0.3 is 0 Å². The molecule has 0 aliphatic rings. The molecule has 2 N–H and O–H groups in total. The lowest BCUT2D eigenvalue weighted by atomic mass is 10.1. The fourth-order valence-corrected chi connectivity index (χ4v) is 2.22. The number of ether oxygens (including phenoxy) is 1. The number of nitrogen functional groups attached to an aromatic ring is 1. The van der Waals surface area contributed by atoms with Crippen molar-refractivity contribution in [2.24, 2.45) is 0 Å². The minimum absolute atomic E-state index is 0.0685. The topological polar surface area (TPSA) is 97.2 Å². The predicted octanol–water partition coefficient (Wildman–Crippen LogP) is 1.68. The maximum absolute atomic E-state index is 12.7. The summed E-state index contributed by atoms with van der Waals surface area (Å²) in [6.45, 7) is -0.433. The molecule has 25 heavy (non-hydrogen) atoms. The van der Waals surface area contributed by atoms with E-state index in [1.54, 1.807) is 12.1 Å². The SMILES string of the molecule is COCCN(CC(F)F)C(=O)c1ccc(-n2ncc(C#N)c2N)cc1. The largest absolute Gasteiger partial charge is 0.383 e. The molecule has 0 atom stereocenters. The first-order valence-corrected chi connectivity index (χ1v) is 7.38. The quantitative estimate of drug-likeness (QED) is 0.820. The molecule has 132 valence electrons. The number of nitriles is 1. The number of hydrogen-bond acceptors (Lipinski definition) is 5. The first-order valence-electron chi connectivity index (χ1n) is 7.38. The zero-order valence-electron chi connectivity index (χ0n) is 13.5. The van der Waals surface area contributed by atoms with E-state index < -0.39 is 18.9 Å². The van der Waals surface area contributed by atoms with Crippen molar-refractivity contribution in [3.05, 3.63) is 41.6 Å². The third-order valence-corrected chi connectivity index (χ3v) is 3.50. The molecule has 9 heteroatoms. The predicted molar refractivity (Wildman–Crippen MR) is 86.5 cm³/mol. The molecule has 2 aromatic rings. The van der Waals surface area contributed by atoms with Gasteiger partial charge in [0, 0.05) is 19.2 Å². The Morgan fingerprint density at radius 2 is 2.12 bits per heavy atom. The number of halogens is 2. The van der Waals surface area contributed by atoms with Gasteiger partial charge in [-0.05, 0) is 24.3 Å². The van der Waals surface area contributed by atoms with Crippen LogP contribution in [-0.2, 0) is 4.74 Å². The van der Waals surface area contributed by atoms with Crippen molar-refractivity contribution in [1.82, 2.24) is 14.7 Å². The lowest BCUT2D eigenvalue weighted by Gasteiger charge is -2.22. The number of amides is 1. The van der Waals surface area contributed by atoms with Crippen LogP contribution in [-0.4, -0.2) is 53.8 Å². The highest BCUT2D eigenvalue weighted by Crippen LogP contribution is 2.17. The first kappa shape index (κ1) is 18.4. The third kappa shape index (κ3) is 4.30. The van der Waals surface area contributed by atoms with E-state index in [1.165, 1.54) is 30.1 Å². The van der Waals surface area contributed by atoms with Crippen molar-refractivity contribution in [3.8, 4) is 11.8 Å². The van der Waals surface area contributed by atoms with Crippen LogP contribution in [0, 0.1) is 11.3 Å². The molecule has 1 heterocycles. The summed E-state index contributed by atoms with van der Waals surface area (Å²) in [6.07, 6.45) is -1.29. The molecule has 1 aromatic heterocycles. The number of carbonyl (C=O) groups excluding carboxylic acids is 1. The van der Waals surface area contributed by atoms with Gasteiger partial charge in [-0.25, -0.2) is 13.5 Å². The fraction of sp³-hybridized carbons (Fsp3) is 0.312. The van der Waals surface area contributed by atoms with Crippen molar-refractivity contribution >= 4 is 11.7 Å². The summed E-state index contributed by atoms with van der Waals surface area (Å²) >= 11 is 0. The number of methoxy groups -OCH3 is 1. The Bertz CT molecular complexity index is 768. The number of benzene rings is 1. The van der Waals surface area contributed by atoms with Gasteiger partial charge in [-0.3, -0.25) is 4.79 Å². The van der Waals surface area contributed by atoms with Gasteiger partial charge in [0.25, 0.3) is 12.3 Å². The normalized spacial score (nSPS) is 10.7. The summed E-state index contributed by atoms with van der Waals surface area (Å²) in [6, 6.07) is 8.06. The molecule has 0 saturated carbocycles. The molecule has 1 aromatic carbocycles. The van der Waals surface area contributed by atoms with E-state index in [-0.39, 0.29) is 30.1 Å². The van der Waals surface area contributed by atoms with Crippen LogP contribution in [0.4, 0.5) is 14.6 Å². The summed E-state index contributed by atoms with van der Waals surface area (Å²) in [5, 5.41) is 12.9. The van der Waals surface area contributed by atoms with Gasteiger partial charge in [0.15, 0.2) is 0 Å². The third-order valence-electron chi connectivity index (χ3n) is 3.50. The second-order valence-electron chi connectivity index (χ2n) is 5.15. The van der Waals surface area contributed by atoms with E-state index >= 15 is 0 Å². The molecule has 0 unspecified atom stereocenters. The molecule has 1 amide bonds. The Balaban J connectivity index is 2.21. The van der Waals surface area contributed by atoms with Gasteiger partial charge in [-0.2, -0.15) is 10.4 Å². The summed E-state index contributed by atoms with van der Waals surface area (Å²) in [7, 11) is 1.43. The Hall–Kier alpha value is -2.99. The van der Waals surface area contributed by atoms with Crippen LogP contribution >= 0.6 is 0 Å². The number of rotatable bonds is 7. The minimum atomic E-state index is -2.63. The van der Waals surface area contributed by atoms with E-state index in [9.17, 15) is 13.6 Å². The van der Waals surface area contributed by atoms with Crippen molar-refractivity contribution < 1.29 is 18.3 Å². The molecule has 0 saturated heterocycles. The van der Waals surface area contributed by atoms with Crippen molar-refractivity contribution in [1.29, 1.82) is 5.26 Å². The highest BCUT2D eigenvalue weighted by atomic mass is 19.3. The van der Waals surface area contributed by atoms with E-state index in [4.69, 9.17) is 15.7 Å².